The van der Waals surface area contributed by atoms with Crippen LogP contribution < -0.4 is 0 Å². The van der Waals surface area contributed by atoms with Crippen molar-refractivity contribution in [1.29, 1.82) is 0 Å². The van der Waals surface area contributed by atoms with Crippen molar-refractivity contribution in [3.8, 4) is 5.75 Å². The van der Waals surface area contributed by atoms with E-state index in [4.69, 9.17) is 5.11 Å². The number of aromatic carboxylic acids is 1. The van der Waals surface area contributed by atoms with Gasteiger partial charge >= 0.3 is 5.97 Å². The van der Waals surface area contributed by atoms with Gasteiger partial charge in [-0.2, -0.15) is 0 Å². The van der Waals surface area contributed by atoms with Crippen LogP contribution in [0.2, 0.25) is 0 Å². The van der Waals surface area contributed by atoms with Gasteiger partial charge in [-0.05, 0) is 38.1 Å². The van der Waals surface area contributed by atoms with Crippen molar-refractivity contribution in [3.05, 3.63) is 30.0 Å². The maximum absolute atomic E-state index is 11.1. The molecule has 1 aromatic heterocycles. The Bertz CT molecular complexity index is 555. The van der Waals surface area contributed by atoms with Crippen LogP contribution in [-0.2, 0) is 0 Å². The van der Waals surface area contributed by atoms with Crippen LogP contribution in [0.1, 0.15) is 30.4 Å². The number of aromatic nitrogens is 1. The first kappa shape index (κ1) is 10.5. The standard InChI is InChI=1S/C12H13NO3/c1-7(2)13-10-4-3-9(14)5-8(10)6-11(13)12(15)16/h3-7,14H,1-2H3,(H,15,16). The molecule has 0 aliphatic heterocycles. The summed E-state index contributed by atoms with van der Waals surface area (Å²) in [5, 5.41) is 19.2. The lowest BCUT2D eigenvalue weighted by molar-refractivity contribution is 0.0684. The predicted molar refractivity (Wildman–Crippen MR) is 60.9 cm³/mol. The van der Waals surface area contributed by atoms with Gasteiger partial charge in [0.25, 0.3) is 0 Å². The molecule has 4 nitrogen and oxygen atoms in total. The third kappa shape index (κ3) is 1.52. The van der Waals surface area contributed by atoms with Gasteiger partial charge in [0.15, 0.2) is 0 Å². The molecule has 2 aromatic rings. The quantitative estimate of drug-likeness (QED) is 0.816. The Morgan fingerprint density at radius 2 is 2.00 bits per heavy atom. The molecule has 0 unspecified atom stereocenters. The van der Waals surface area contributed by atoms with Crippen LogP contribution in [0, 0.1) is 0 Å². The number of hydrogen-bond donors (Lipinski definition) is 2. The number of carbonyl (C=O) groups is 1. The van der Waals surface area contributed by atoms with Crippen molar-refractivity contribution in [3.63, 3.8) is 0 Å². The van der Waals surface area contributed by atoms with Crippen molar-refractivity contribution < 1.29 is 15.0 Å². The SMILES string of the molecule is CC(C)n1c(C(=O)O)cc2cc(O)ccc21. The smallest absolute Gasteiger partial charge is 0.352 e. The Morgan fingerprint density at radius 1 is 1.31 bits per heavy atom. The number of rotatable bonds is 2. The van der Waals surface area contributed by atoms with E-state index in [0.717, 1.165) is 10.9 Å². The second kappa shape index (κ2) is 3.56. The highest BCUT2D eigenvalue weighted by Gasteiger charge is 2.16. The number of hydrogen-bond acceptors (Lipinski definition) is 2. The maximum atomic E-state index is 11.1. The van der Waals surface area contributed by atoms with E-state index in [-0.39, 0.29) is 17.5 Å². The van der Waals surface area contributed by atoms with E-state index in [9.17, 15) is 9.90 Å². The van der Waals surface area contributed by atoms with Gasteiger partial charge in [0, 0.05) is 16.9 Å². The van der Waals surface area contributed by atoms with E-state index in [0.29, 0.717) is 0 Å². The second-order valence-electron chi connectivity index (χ2n) is 4.04. The molecule has 84 valence electrons. The number of carboxylic acids is 1. The zero-order chi connectivity index (χ0) is 11.9. The molecule has 0 saturated carbocycles. The van der Waals surface area contributed by atoms with Crippen LogP contribution in [0.15, 0.2) is 24.3 Å². The summed E-state index contributed by atoms with van der Waals surface area (Å²) in [6.45, 7) is 3.86. The number of nitrogens with zero attached hydrogens (tertiary/aromatic N) is 1. The zero-order valence-electron chi connectivity index (χ0n) is 9.14. The van der Waals surface area contributed by atoms with E-state index in [1.165, 1.54) is 0 Å². The first-order chi connectivity index (χ1) is 7.50. The summed E-state index contributed by atoms with van der Waals surface area (Å²) in [4.78, 5) is 11.1. The molecule has 0 aliphatic rings. The van der Waals surface area contributed by atoms with E-state index in [1.54, 1.807) is 28.8 Å². The highest BCUT2D eigenvalue weighted by atomic mass is 16.4. The van der Waals surface area contributed by atoms with Gasteiger partial charge in [-0.3, -0.25) is 0 Å². The molecule has 0 amide bonds. The Balaban J connectivity index is 2.81. The molecule has 1 aromatic carbocycles. The fraction of sp³-hybridized carbons (Fsp3) is 0.250. The normalized spacial score (nSPS) is 11.2. The molecule has 0 aliphatic carbocycles. The minimum atomic E-state index is -0.954. The van der Waals surface area contributed by atoms with Gasteiger partial charge < -0.3 is 14.8 Å². The summed E-state index contributed by atoms with van der Waals surface area (Å²) in [6, 6.07) is 6.51. The average Bonchev–Trinajstić information content (AvgIpc) is 2.55. The number of phenolic OH excluding ortho intramolecular Hbond substituents is 1. The van der Waals surface area contributed by atoms with Crippen LogP contribution in [0.4, 0.5) is 0 Å². The molecule has 0 saturated heterocycles. The third-order valence-electron chi connectivity index (χ3n) is 2.56. The van der Waals surface area contributed by atoms with E-state index >= 15 is 0 Å². The number of benzene rings is 1. The summed E-state index contributed by atoms with van der Waals surface area (Å²) in [7, 11) is 0. The van der Waals surface area contributed by atoms with Gasteiger partial charge in [0.1, 0.15) is 11.4 Å². The Labute approximate surface area is 92.7 Å². The number of carboxylic acid groups (broad SMARTS) is 1. The molecule has 0 fully saturated rings. The molecule has 0 spiro atoms. The van der Waals surface area contributed by atoms with Gasteiger partial charge in [0.05, 0.1) is 0 Å². The lowest BCUT2D eigenvalue weighted by Gasteiger charge is -2.12. The van der Waals surface area contributed by atoms with Gasteiger partial charge in [0.2, 0.25) is 0 Å². The van der Waals surface area contributed by atoms with Crippen molar-refractivity contribution >= 4 is 16.9 Å². The maximum Gasteiger partial charge on any atom is 0.352 e. The summed E-state index contributed by atoms with van der Waals surface area (Å²) in [5.74, 6) is -0.810. The number of fused-ring (bicyclic) bond motifs is 1. The van der Waals surface area contributed by atoms with E-state index < -0.39 is 5.97 Å². The molecule has 1 heterocycles. The second-order valence-corrected chi connectivity index (χ2v) is 4.04. The molecule has 0 atom stereocenters. The van der Waals surface area contributed by atoms with Crippen LogP contribution in [-0.4, -0.2) is 20.7 Å². The van der Waals surface area contributed by atoms with E-state index in [2.05, 4.69) is 0 Å². The van der Waals surface area contributed by atoms with Crippen LogP contribution in [0.5, 0.6) is 5.75 Å². The minimum absolute atomic E-state index is 0.0631. The van der Waals surface area contributed by atoms with Crippen molar-refractivity contribution in [2.75, 3.05) is 0 Å². The molecular weight excluding hydrogens is 206 g/mol. The lowest BCUT2D eigenvalue weighted by atomic mass is 10.2. The minimum Gasteiger partial charge on any atom is -0.508 e. The van der Waals surface area contributed by atoms with Crippen LogP contribution in [0.3, 0.4) is 0 Å². The monoisotopic (exact) mass is 219 g/mol. The molecule has 16 heavy (non-hydrogen) atoms. The summed E-state index contributed by atoms with van der Waals surface area (Å²) in [5.41, 5.74) is 1.07. The van der Waals surface area contributed by atoms with Crippen molar-refractivity contribution in [1.82, 2.24) is 4.57 Å². The van der Waals surface area contributed by atoms with Gasteiger partial charge in [-0.1, -0.05) is 0 Å². The average molecular weight is 219 g/mol. The first-order valence-corrected chi connectivity index (χ1v) is 5.08. The van der Waals surface area contributed by atoms with Gasteiger partial charge in [-0.25, -0.2) is 4.79 Å². The fourth-order valence-electron chi connectivity index (χ4n) is 1.94. The topological polar surface area (TPSA) is 62.5 Å². The summed E-state index contributed by atoms with van der Waals surface area (Å²) < 4.78 is 1.75. The summed E-state index contributed by atoms with van der Waals surface area (Å²) >= 11 is 0. The summed E-state index contributed by atoms with van der Waals surface area (Å²) in [6.07, 6.45) is 0. The zero-order valence-corrected chi connectivity index (χ0v) is 9.14. The fourth-order valence-corrected chi connectivity index (χ4v) is 1.94. The Morgan fingerprint density at radius 3 is 2.56 bits per heavy atom. The van der Waals surface area contributed by atoms with E-state index in [1.807, 2.05) is 13.8 Å². The molecule has 2 N–H and O–H groups in total. The van der Waals surface area contributed by atoms with Crippen molar-refractivity contribution in [2.45, 2.75) is 19.9 Å². The Hall–Kier alpha value is -1.97. The van der Waals surface area contributed by atoms with Crippen LogP contribution in [0.25, 0.3) is 10.9 Å². The van der Waals surface area contributed by atoms with Crippen molar-refractivity contribution in [2.24, 2.45) is 0 Å². The Kier molecular flexibility index (Phi) is 2.34. The molecule has 0 bridgehead atoms. The molecule has 2 rings (SSSR count). The first-order valence-electron chi connectivity index (χ1n) is 5.08. The highest BCUT2D eigenvalue weighted by molar-refractivity contribution is 5.95. The largest absolute Gasteiger partial charge is 0.508 e. The highest BCUT2D eigenvalue weighted by Crippen LogP contribution is 2.27. The third-order valence-corrected chi connectivity index (χ3v) is 2.56. The molecule has 0 radical (unpaired) electrons. The predicted octanol–water partition coefficient (Wildman–Crippen LogP) is 2.63. The molecule has 4 heteroatoms. The number of aromatic hydroxyl groups is 1. The molecular formula is C12H13NO3. The van der Waals surface area contributed by atoms with Crippen LogP contribution >= 0.6 is 0 Å². The number of phenols is 1. The lowest BCUT2D eigenvalue weighted by Crippen LogP contribution is -2.10. The van der Waals surface area contributed by atoms with Gasteiger partial charge in [-0.15, -0.1) is 0 Å².